The molecular weight excluding hydrogens is 320 g/mol. The Labute approximate surface area is 136 Å². The number of ketones is 1. The molecule has 8 heteroatoms. The van der Waals surface area contributed by atoms with E-state index in [1.54, 1.807) is 30.3 Å². The van der Waals surface area contributed by atoms with Gasteiger partial charge >= 0.3 is 11.7 Å². The maximum absolute atomic E-state index is 12.4. The molecule has 7 nitrogen and oxygen atoms in total. The molecule has 1 N–H and O–H groups in total. The Bertz CT molecular complexity index is 742. The molecule has 0 fully saturated rings. The van der Waals surface area contributed by atoms with E-state index in [-0.39, 0.29) is 21.3 Å². The first-order chi connectivity index (χ1) is 10.9. The number of rotatable bonds is 6. The highest BCUT2D eigenvalue weighted by atomic mass is 32.1. The molecule has 0 aliphatic heterocycles. The quantitative estimate of drug-likeness (QED) is 0.377. The van der Waals surface area contributed by atoms with Crippen molar-refractivity contribution in [3.05, 3.63) is 57.0 Å². The van der Waals surface area contributed by atoms with Crippen molar-refractivity contribution >= 4 is 33.8 Å². The predicted octanol–water partition coefficient (Wildman–Crippen LogP) is 2.86. The third-order valence-corrected chi connectivity index (χ3v) is 4.13. The molecule has 0 unspecified atom stereocenters. The number of carbonyl (C=O) groups excluding carboxylic acids is 2. The van der Waals surface area contributed by atoms with Gasteiger partial charge in [0.15, 0.2) is 5.00 Å². The summed E-state index contributed by atoms with van der Waals surface area (Å²) in [6.07, 6.45) is 0. The molecule has 2 aromatic rings. The van der Waals surface area contributed by atoms with Crippen molar-refractivity contribution < 1.29 is 19.2 Å². The largest absolute Gasteiger partial charge is 0.467 e. The van der Waals surface area contributed by atoms with E-state index in [0.717, 1.165) is 11.3 Å². The van der Waals surface area contributed by atoms with Crippen LogP contribution in [0.4, 0.5) is 10.7 Å². The van der Waals surface area contributed by atoms with Crippen LogP contribution in [0.3, 0.4) is 0 Å². The second kappa shape index (κ2) is 7.01. The average Bonchev–Trinajstić information content (AvgIpc) is 2.98. The van der Waals surface area contributed by atoms with Crippen molar-refractivity contribution in [2.75, 3.05) is 12.4 Å². The molecule has 0 amide bonds. The lowest BCUT2D eigenvalue weighted by Gasteiger charge is -2.10. The van der Waals surface area contributed by atoms with Gasteiger partial charge < -0.3 is 10.1 Å². The standard InChI is InChI=1S/C15H14N2O5S/c1-9(15(19)22-2)16-14-11(17(20)21)8-12(23-14)13(18)10-6-4-3-5-7-10/h3-9,16H,1-2H3/t9-/m0/s1. The fourth-order valence-corrected chi connectivity index (χ4v) is 2.97. The van der Waals surface area contributed by atoms with Gasteiger partial charge in [-0.2, -0.15) is 0 Å². The number of ether oxygens (including phenoxy) is 1. The molecule has 1 heterocycles. The van der Waals surface area contributed by atoms with Crippen LogP contribution in [0.5, 0.6) is 0 Å². The minimum absolute atomic E-state index is 0.146. The van der Waals surface area contributed by atoms with Crippen LogP contribution in [-0.4, -0.2) is 29.8 Å². The van der Waals surface area contributed by atoms with Crippen LogP contribution in [0.25, 0.3) is 0 Å². The lowest BCUT2D eigenvalue weighted by Crippen LogP contribution is -2.26. The van der Waals surface area contributed by atoms with Crippen LogP contribution in [0.2, 0.25) is 0 Å². The highest BCUT2D eigenvalue weighted by molar-refractivity contribution is 7.18. The van der Waals surface area contributed by atoms with Gasteiger partial charge in [-0.05, 0) is 6.92 Å². The van der Waals surface area contributed by atoms with E-state index in [1.165, 1.54) is 20.1 Å². The first-order valence-electron chi connectivity index (χ1n) is 6.66. The van der Waals surface area contributed by atoms with Crippen LogP contribution in [0, 0.1) is 10.1 Å². The Morgan fingerprint density at radius 3 is 2.52 bits per heavy atom. The van der Waals surface area contributed by atoms with Gasteiger partial charge in [-0.15, -0.1) is 11.3 Å². The van der Waals surface area contributed by atoms with Gasteiger partial charge in [-0.25, -0.2) is 4.79 Å². The van der Waals surface area contributed by atoms with Gasteiger partial charge in [-0.3, -0.25) is 14.9 Å². The summed E-state index contributed by atoms with van der Waals surface area (Å²) in [4.78, 5) is 34.6. The number of benzene rings is 1. The zero-order chi connectivity index (χ0) is 17.0. The molecule has 23 heavy (non-hydrogen) atoms. The van der Waals surface area contributed by atoms with Gasteiger partial charge in [0.25, 0.3) is 0 Å². The molecule has 1 aromatic heterocycles. The Kier molecular flexibility index (Phi) is 5.07. The van der Waals surface area contributed by atoms with Crippen LogP contribution in [0.1, 0.15) is 22.2 Å². The fraction of sp³-hybridized carbons (Fsp3) is 0.200. The molecule has 1 aromatic carbocycles. The van der Waals surface area contributed by atoms with Crippen LogP contribution >= 0.6 is 11.3 Å². The molecular formula is C15H14N2O5S. The number of esters is 1. The minimum atomic E-state index is -0.767. The summed E-state index contributed by atoms with van der Waals surface area (Å²) < 4.78 is 4.57. The first kappa shape index (κ1) is 16.6. The molecule has 0 radical (unpaired) electrons. The van der Waals surface area contributed by atoms with Crippen molar-refractivity contribution in [2.45, 2.75) is 13.0 Å². The third kappa shape index (κ3) is 3.72. The Morgan fingerprint density at radius 2 is 1.96 bits per heavy atom. The highest BCUT2D eigenvalue weighted by Crippen LogP contribution is 2.36. The topological polar surface area (TPSA) is 98.5 Å². The predicted molar refractivity (Wildman–Crippen MR) is 85.9 cm³/mol. The van der Waals surface area contributed by atoms with Gasteiger partial charge in [0.1, 0.15) is 6.04 Å². The van der Waals surface area contributed by atoms with E-state index >= 15 is 0 Å². The number of nitro groups is 1. The molecule has 1 atom stereocenters. The normalized spacial score (nSPS) is 11.6. The summed E-state index contributed by atoms with van der Waals surface area (Å²) in [5, 5.41) is 14.0. The number of methoxy groups -OCH3 is 1. The van der Waals surface area contributed by atoms with Crippen molar-refractivity contribution in [3.8, 4) is 0 Å². The average molecular weight is 334 g/mol. The number of nitrogens with zero attached hydrogens (tertiary/aromatic N) is 1. The number of nitrogens with one attached hydrogen (secondary N) is 1. The smallest absolute Gasteiger partial charge is 0.328 e. The monoisotopic (exact) mass is 334 g/mol. The van der Waals surface area contributed by atoms with E-state index < -0.39 is 16.9 Å². The summed E-state index contributed by atoms with van der Waals surface area (Å²) in [5.74, 6) is -0.860. The van der Waals surface area contributed by atoms with Gasteiger partial charge in [0.05, 0.1) is 16.9 Å². The summed E-state index contributed by atoms with van der Waals surface area (Å²) in [7, 11) is 1.23. The van der Waals surface area contributed by atoms with Gasteiger partial charge in [0.2, 0.25) is 5.78 Å². The number of hydrogen-bond donors (Lipinski definition) is 1. The molecule has 120 valence electrons. The highest BCUT2D eigenvalue weighted by Gasteiger charge is 2.25. The summed E-state index contributed by atoms with van der Waals surface area (Å²) in [5.41, 5.74) is 0.196. The zero-order valence-corrected chi connectivity index (χ0v) is 13.3. The molecule has 0 bridgehead atoms. The van der Waals surface area contributed by atoms with Crippen LogP contribution < -0.4 is 5.32 Å². The maximum Gasteiger partial charge on any atom is 0.328 e. The van der Waals surface area contributed by atoms with Gasteiger partial charge in [0, 0.05) is 11.6 Å². The van der Waals surface area contributed by atoms with E-state index in [1.807, 2.05) is 0 Å². The summed E-state index contributed by atoms with van der Waals surface area (Å²) in [6.45, 7) is 1.52. The summed E-state index contributed by atoms with van der Waals surface area (Å²) in [6, 6.07) is 8.93. The lowest BCUT2D eigenvalue weighted by atomic mass is 10.1. The van der Waals surface area contributed by atoms with E-state index in [2.05, 4.69) is 10.1 Å². The molecule has 2 rings (SSSR count). The maximum atomic E-state index is 12.4. The number of anilines is 1. The van der Waals surface area contributed by atoms with E-state index in [0.29, 0.717) is 5.56 Å². The third-order valence-electron chi connectivity index (χ3n) is 3.07. The number of thiophene rings is 1. The second-order valence-corrected chi connectivity index (χ2v) is 5.72. The zero-order valence-electron chi connectivity index (χ0n) is 12.4. The molecule has 0 spiro atoms. The molecule has 0 aliphatic carbocycles. The fourth-order valence-electron chi connectivity index (χ4n) is 1.90. The van der Waals surface area contributed by atoms with E-state index in [9.17, 15) is 19.7 Å². The van der Waals surface area contributed by atoms with Crippen LogP contribution in [-0.2, 0) is 9.53 Å². The Hall–Kier alpha value is -2.74. The van der Waals surface area contributed by atoms with Gasteiger partial charge in [-0.1, -0.05) is 30.3 Å². The first-order valence-corrected chi connectivity index (χ1v) is 7.48. The summed E-state index contributed by atoms with van der Waals surface area (Å²) >= 11 is 0.937. The lowest BCUT2D eigenvalue weighted by molar-refractivity contribution is -0.383. The van der Waals surface area contributed by atoms with E-state index in [4.69, 9.17) is 0 Å². The Balaban J connectivity index is 2.33. The second-order valence-electron chi connectivity index (χ2n) is 4.67. The van der Waals surface area contributed by atoms with Crippen molar-refractivity contribution in [2.24, 2.45) is 0 Å². The molecule has 0 saturated heterocycles. The molecule has 0 saturated carbocycles. The number of carbonyl (C=O) groups is 2. The minimum Gasteiger partial charge on any atom is -0.467 e. The van der Waals surface area contributed by atoms with Crippen molar-refractivity contribution in [1.82, 2.24) is 0 Å². The van der Waals surface area contributed by atoms with Crippen molar-refractivity contribution in [1.29, 1.82) is 0 Å². The van der Waals surface area contributed by atoms with Crippen LogP contribution in [0.15, 0.2) is 36.4 Å². The van der Waals surface area contributed by atoms with Crippen molar-refractivity contribution in [3.63, 3.8) is 0 Å². The molecule has 0 aliphatic rings. The SMILES string of the molecule is COC(=O)[C@H](C)Nc1sc(C(=O)c2ccccc2)cc1[N+](=O)[O-]. The number of hydrogen-bond acceptors (Lipinski definition) is 7. The Morgan fingerprint density at radius 1 is 1.30 bits per heavy atom.